The van der Waals surface area contributed by atoms with Crippen molar-refractivity contribution in [3.05, 3.63) is 11.6 Å². The van der Waals surface area contributed by atoms with Crippen LogP contribution < -0.4 is 0 Å². The molecule has 9 atom stereocenters. The monoisotopic (exact) mass is 478 g/mol. The zero-order valence-electron chi connectivity index (χ0n) is 21.2. The second-order valence-electron chi connectivity index (χ2n) is 13.0. The molecule has 0 aliphatic heterocycles. The van der Waals surface area contributed by atoms with E-state index in [4.69, 9.17) is 0 Å². The van der Waals surface area contributed by atoms with Gasteiger partial charge in [0.05, 0.1) is 22.9 Å². The number of rotatable bonds is 5. The lowest BCUT2D eigenvalue weighted by molar-refractivity contribution is -0.173. The maximum Gasteiger partial charge on any atom is 0.161 e. The molecule has 0 aromatic carbocycles. The number of aliphatic hydroxyl groups excluding tert-OH is 2. The van der Waals surface area contributed by atoms with E-state index in [2.05, 4.69) is 0 Å². The zero-order valence-corrected chi connectivity index (χ0v) is 21.2. The number of Topliss-reactive ketones (excluding diaryl/α,β-unsaturated/α-hetero) is 1. The van der Waals surface area contributed by atoms with E-state index in [9.17, 15) is 35.1 Å². The predicted molar refractivity (Wildman–Crippen MR) is 126 cm³/mol. The van der Waals surface area contributed by atoms with Gasteiger partial charge in [0, 0.05) is 17.8 Å². The van der Waals surface area contributed by atoms with Gasteiger partial charge in [0.2, 0.25) is 0 Å². The molecular weight excluding hydrogens is 436 g/mol. The summed E-state index contributed by atoms with van der Waals surface area (Å²) in [5.74, 6) is -1.37. The largest absolute Gasteiger partial charge is 0.390 e. The lowest BCUT2D eigenvalue weighted by Crippen LogP contribution is -2.62. The maximum atomic E-state index is 13.2. The molecular formula is C27H42O7. The molecule has 0 saturated heterocycles. The maximum absolute atomic E-state index is 13.2. The molecule has 0 aromatic rings. The van der Waals surface area contributed by atoms with E-state index < -0.39 is 51.7 Å². The number of hydrogen-bond donors (Lipinski definition) is 5. The molecule has 4 aliphatic carbocycles. The van der Waals surface area contributed by atoms with E-state index in [0.717, 1.165) is 0 Å². The third-order valence-electron chi connectivity index (χ3n) is 10.3. The molecule has 0 radical (unpaired) electrons. The van der Waals surface area contributed by atoms with Gasteiger partial charge in [0.1, 0.15) is 6.10 Å². The number of ketones is 2. The number of carbonyl (C=O) groups excluding carboxylic acids is 2. The number of carbonyl (C=O) groups is 2. The van der Waals surface area contributed by atoms with Gasteiger partial charge in [-0.15, -0.1) is 0 Å². The molecule has 0 aromatic heterocycles. The van der Waals surface area contributed by atoms with Crippen molar-refractivity contribution in [2.45, 2.75) is 115 Å². The molecule has 0 bridgehead atoms. The summed E-state index contributed by atoms with van der Waals surface area (Å²) in [4.78, 5) is 25.7. The highest BCUT2D eigenvalue weighted by Gasteiger charge is 2.69. The van der Waals surface area contributed by atoms with Gasteiger partial charge in [-0.3, -0.25) is 9.59 Å². The molecule has 3 fully saturated rings. The minimum Gasteiger partial charge on any atom is -0.390 e. The number of allylic oxidation sites excluding steroid dienone is 1. The van der Waals surface area contributed by atoms with Crippen LogP contribution in [0.5, 0.6) is 0 Å². The van der Waals surface area contributed by atoms with Gasteiger partial charge in [0.25, 0.3) is 0 Å². The quantitative estimate of drug-likeness (QED) is 0.408. The lowest BCUT2D eigenvalue weighted by Gasteiger charge is -2.60. The summed E-state index contributed by atoms with van der Waals surface area (Å²) in [7, 11) is 0. The summed E-state index contributed by atoms with van der Waals surface area (Å²) < 4.78 is 0. The average Bonchev–Trinajstić information content (AvgIpc) is 3.00. The summed E-state index contributed by atoms with van der Waals surface area (Å²) in [6.07, 6.45) is 2.34. The fourth-order valence-electron chi connectivity index (χ4n) is 8.15. The smallest absolute Gasteiger partial charge is 0.161 e. The fraction of sp³-hybridized carbons (Fsp3) is 0.852. The van der Waals surface area contributed by atoms with Crippen molar-refractivity contribution in [2.24, 2.45) is 28.6 Å². The van der Waals surface area contributed by atoms with Crippen LogP contribution in [0, 0.1) is 28.6 Å². The molecule has 192 valence electrons. The highest BCUT2D eigenvalue weighted by molar-refractivity contribution is 5.97. The Morgan fingerprint density at radius 2 is 1.74 bits per heavy atom. The van der Waals surface area contributed by atoms with Crippen LogP contribution in [-0.4, -0.2) is 66.1 Å². The summed E-state index contributed by atoms with van der Waals surface area (Å²) >= 11 is 0. The normalized spacial score (nSPS) is 45.1. The van der Waals surface area contributed by atoms with Crippen LogP contribution in [0.25, 0.3) is 0 Å². The Morgan fingerprint density at radius 3 is 2.35 bits per heavy atom. The van der Waals surface area contributed by atoms with E-state index in [1.54, 1.807) is 26.8 Å². The standard InChI is InChI=1S/C27H42O7/c1-23(2,32)9-8-22(31)26(5,33)21-7-11-27(34)16-12-18(28)17-13-19(29)20(30)14-24(17,3)15(16)6-10-25(21,27)4/h12,15,17,19,21-22,29,31-34H,6-11,13-14H2,1-5H3/t15-,17-,19+,21-,22+,24+,25+,26+,27+/m0/s1. The predicted octanol–water partition coefficient (Wildman–Crippen LogP) is 2.06. The molecule has 3 saturated carbocycles. The average molecular weight is 479 g/mol. The van der Waals surface area contributed by atoms with E-state index >= 15 is 0 Å². The molecule has 0 spiro atoms. The van der Waals surface area contributed by atoms with Crippen molar-refractivity contribution in [1.29, 1.82) is 0 Å². The van der Waals surface area contributed by atoms with Crippen LogP contribution in [0.2, 0.25) is 0 Å². The molecule has 4 aliphatic rings. The molecule has 7 heteroatoms. The van der Waals surface area contributed by atoms with Crippen molar-refractivity contribution in [3.63, 3.8) is 0 Å². The molecule has 0 unspecified atom stereocenters. The van der Waals surface area contributed by atoms with Crippen LogP contribution in [-0.2, 0) is 9.59 Å². The Hall–Kier alpha value is -1.12. The van der Waals surface area contributed by atoms with Crippen molar-refractivity contribution >= 4 is 11.6 Å². The van der Waals surface area contributed by atoms with Crippen LogP contribution in [0.4, 0.5) is 0 Å². The minimum absolute atomic E-state index is 0.121. The van der Waals surface area contributed by atoms with Crippen molar-refractivity contribution in [1.82, 2.24) is 0 Å². The molecule has 7 nitrogen and oxygen atoms in total. The van der Waals surface area contributed by atoms with Gasteiger partial charge >= 0.3 is 0 Å². The van der Waals surface area contributed by atoms with Gasteiger partial charge in [-0.1, -0.05) is 13.8 Å². The Labute approximate surface area is 202 Å². The first-order valence-corrected chi connectivity index (χ1v) is 12.8. The van der Waals surface area contributed by atoms with Gasteiger partial charge in [-0.05, 0) is 94.6 Å². The molecule has 5 N–H and O–H groups in total. The van der Waals surface area contributed by atoms with Crippen molar-refractivity contribution < 1.29 is 35.1 Å². The van der Waals surface area contributed by atoms with E-state index in [1.807, 2.05) is 13.8 Å². The SMILES string of the molecule is CC(C)(O)CC[C@@H](O)[C@](C)(O)[C@H]1CC[C@@]2(O)C3=CC(=O)[C@@H]4C[C@@H](O)C(=O)C[C@]4(C)[C@H]3CC[C@]12C. The first-order valence-electron chi connectivity index (χ1n) is 12.8. The molecule has 4 rings (SSSR count). The Balaban J connectivity index is 1.67. The minimum atomic E-state index is -1.48. The van der Waals surface area contributed by atoms with Crippen LogP contribution >= 0.6 is 0 Å². The summed E-state index contributed by atoms with van der Waals surface area (Å²) in [5, 5.41) is 54.9. The summed E-state index contributed by atoms with van der Waals surface area (Å²) in [6, 6.07) is 0. The molecule has 0 amide bonds. The Kier molecular flexibility index (Phi) is 6.06. The third-order valence-corrected chi connectivity index (χ3v) is 10.3. The highest BCUT2D eigenvalue weighted by atomic mass is 16.3. The van der Waals surface area contributed by atoms with E-state index in [0.29, 0.717) is 37.7 Å². The number of fused-ring (bicyclic) bond motifs is 5. The molecule has 34 heavy (non-hydrogen) atoms. The van der Waals surface area contributed by atoms with Crippen molar-refractivity contribution in [2.75, 3.05) is 0 Å². The Morgan fingerprint density at radius 1 is 1.09 bits per heavy atom. The second-order valence-corrected chi connectivity index (χ2v) is 13.0. The Bertz CT molecular complexity index is 901. The first-order chi connectivity index (χ1) is 15.5. The summed E-state index contributed by atoms with van der Waals surface area (Å²) in [5.41, 5.74) is -4.48. The number of hydrogen-bond acceptors (Lipinski definition) is 7. The van der Waals surface area contributed by atoms with E-state index in [-0.39, 0.29) is 36.7 Å². The lowest BCUT2D eigenvalue weighted by atomic mass is 9.45. The molecule has 0 heterocycles. The number of aliphatic hydroxyl groups is 5. The van der Waals surface area contributed by atoms with Crippen LogP contribution in [0.15, 0.2) is 11.6 Å². The second kappa shape index (κ2) is 7.94. The van der Waals surface area contributed by atoms with Gasteiger partial charge in [0.15, 0.2) is 11.6 Å². The van der Waals surface area contributed by atoms with Gasteiger partial charge in [-0.25, -0.2) is 0 Å². The van der Waals surface area contributed by atoms with Gasteiger partial charge < -0.3 is 25.5 Å². The zero-order chi connectivity index (χ0) is 25.5. The van der Waals surface area contributed by atoms with Crippen LogP contribution in [0.1, 0.15) is 86.0 Å². The third kappa shape index (κ3) is 3.65. The topological polar surface area (TPSA) is 135 Å². The van der Waals surface area contributed by atoms with Gasteiger partial charge in [-0.2, -0.15) is 0 Å². The highest BCUT2D eigenvalue weighted by Crippen LogP contribution is 2.68. The van der Waals surface area contributed by atoms with Crippen molar-refractivity contribution in [3.8, 4) is 0 Å². The summed E-state index contributed by atoms with van der Waals surface area (Å²) in [6.45, 7) is 8.86. The van der Waals surface area contributed by atoms with Crippen LogP contribution in [0.3, 0.4) is 0 Å². The van der Waals surface area contributed by atoms with E-state index in [1.165, 1.54) is 0 Å². The first kappa shape index (κ1) is 26.0. The fourth-order valence-corrected chi connectivity index (χ4v) is 8.15.